The minimum atomic E-state index is -0.640. The van der Waals surface area contributed by atoms with E-state index < -0.39 is 6.04 Å². The van der Waals surface area contributed by atoms with E-state index in [1.807, 2.05) is 24.3 Å². The predicted octanol–water partition coefficient (Wildman–Crippen LogP) is 3.50. The molecule has 3 rings (SSSR count). The zero-order valence-electron chi connectivity index (χ0n) is 14.2. The highest BCUT2D eigenvalue weighted by atomic mass is 79.9. The molecule has 1 aromatic heterocycles. The van der Waals surface area contributed by atoms with E-state index >= 15 is 0 Å². The van der Waals surface area contributed by atoms with Gasteiger partial charge in [-0.25, -0.2) is 0 Å². The fraction of sp³-hybridized carbons (Fsp3) is 0.167. The van der Waals surface area contributed by atoms with Gasteiger partial charge in [0.05, 0.1) is 0 Å². The highest BCUT2D eigenvalue weighted by Crippen LogP contribution is 2.18. The van der Waals surface area contributed by atoms with Crippen molar-refractivity contribution in [3.8, 4) is 11.4 Å². The van der Waals surface area contributed by atoms with Crippen molar-refractivity contribution in [2.45, 2.75) is 19.9 Å². The number of carbonyl (C=O) groups excluding carboxylic acids is 2. The number of carbonyl (C=O) groups is 2. The number of halogens is 1. The second-order valence-corrected chi connectivity index (χ2v) is 6.65. The van der Waals surface area contributed by atoms with Gasteiger partial charge in [-0.3, -0.25) is 9.59 Å². The van der Waals surface area contributed by atoms with Gasteiger partial charge in [0.1, 0.15) is 6.04 Å². The van der Waals surface area contributed by atoms with E-state index in [-0.39, 0.29) is 11.7 Å². The lowest BCUT2D eigenvalue weighted by Gasteiger charge is -2.11. The highest BCUT2D eigenvalue weighted by Gasteiger charge is 2.19. The molecule has 1 atom stereocenters. The molecule has 8 heteroatoms. The van der Waals surface area contributed by atoms with Gasteiger partial charge in [0.2, 0.25) is 5.82 Å². The largest absolute Gasteiger partial charge is 0.324 e. The lowest BCUT2D eigenvalue weighted by molar-refractivity contribution is -0.119. The monoisotopic (exact) mass is 413 g/mol. The molecule has 1 amide bonds. The van der Waals surface area contributed by atoms with Crippen LogP contribution in [-0.4, -0.2) is 31.9 Å². The van der Waals surface area contributed by atoms with Crippen LogP contribution in [0.4, 0.5) is 5.69 Å². The zero-order chi connectivity index (χ0) is 18.7. The van der Waals surface area contributed by atoms with E-state index in [9.17, 15) is 9.59 Å². The molecular formula is C18H16BrN5O2. The molecule has 26 heavy (non-hydrogen) atoms. The van der Waals surface area contributed by atoms with Crippen LogP contribution in [0.2, 0.25) is 0 Å². The van der Waals surface area contributed by atoms with E-state index in [1.54, 1.807) is 31.2 Å². The topological polar surface area (TPSA) is 89.8 Å². The van der Waals surface area contributed by atoms with Gasteiger partial charge in [-0.1, -0.05) is 15.9 Å². The number of aromatic nitrogens is 4. The number of Topliss-reactive ketones (excluding diaryl/α,β-unsaturated/α-hetero) is 1. The minimum absolute atomic E-state index is 0.0245. The first-order chi connectivity index (χ1) is 12.4. The number of ketones is 1. The first kappa shape index (κ1) is 17.9. The van der Waals surface area contributed by atoms with Gasteiger partial charge >= 0.3 is 0 Å². The van der Waals surface area contributed by atoms with Crippen LogP contribution in [-0.2, 0) is 4.79 Å². The molecule has 132 valence electrons. The first-order valence-corrected chi connectivity index (χ1v) is 8.70. The number of nitrogens with one attached hydrogen (secondary N) is 1. The second kappa shape index (κ2) is 7.57. The van der Waals surface area contributed by atoms with Crippen molar-refractivity contribution in [3.05, 3.63) is 58.6 Å². The summed E-state index contributed by atoms with van der Waals surface area (Å²) < 4.78 is 0.956. The van der Waals surface area contributed by atoms with Crippen LogP contribution in [0, 0.1) is 0 Å². The summed E-state index contributed by atoms with van der Waals surface area (Å²) >= 11 is 3.38. The molecule has 2 aromatic carbocycles. The van der Waals surface area contributed by atoms with Crippen molar-refractivity contribution in [1.29, 1.82) is 0 Å². The molecule has 1 unspecified atom stereocenters. The molecule has 0 saturated heterocycles. The Hall–Kier alpha value is -2.87. The second-order valence-electron chi connectivity index (χ2n) is 5.74. The van der Waals surface area contributed by atoms with Crippen LogP contribution in [0.1, 0.15) is 30.2 Å². The number of anilines is 1. The van der Waals surface area contributed by atoms with Gasteiger partial charge in [-0.15, -0.1) is 10.2 Å². The van der Waals surface area contributed by atoms with Gasteiger partial charge in [0.25, 0.3) is 5.91 Å². The van der Waals surface area contributed by atoms with Crippen molar-refractivity contribution in [2.24, 2.45) is 0 Å². The van der Waals surface area contributed by atoms with Crippen LogP contribution in [0.3, 0.4) is 0 Å². The summed E-state index contributed by atoms with van der Waals surface area (Å²) in [6.45, 7) is 3.18. The molecule has 7 nitrogen and oxygen atoms in total. The number of amides is 1. The van der Waals surface area contributed by atoms with Crippen molar-refractivity contribution in [2.75, 3.05) is 5.32 Å². The van der Waals surface area contributed by atoms with E-state index in [0.29, 0.717) is 17.1 Å². The van der Waals surface area contributed by atoms with E-state index in [0.717, 1.165) is 10.0 Å². The number of nitrogens with zero attached hydrogens (tertiary/aromatic N) is 4. The third-order valence-corrected chi connectivity index (χ3v) is 4.34. The molecule has 0 bridgehead atoms. The number of hydrogen-bond acceptors (Lipinski definition) is 5. The Morgan fingerprint density at radius 2 is 1.73 bits per heavy atom. The Morgan fingerprint density at radius 1 is 1.08 bits per heavy atom. The molecule has 0 aliphatic rings. The molecule has 0 aliphatic carbocycles. The fourth-order valence-corrected chi connectivity index (χ4v) is 2.51. The molecular weight excluding hydrogens is 398 g/mol. The Kier molecular flexibility index (Phi) is 5.22. The summed E-state index contributed by atoms with van der Waals surface area (Å²) in [6, 6.07) is 13.6. The molecule has 0 spiro atoms. The molecule has 0 aliphatic heterocycles. The van der Waals surface area contributed by atoms with Gasteiger partial charge in [-0.2, -0.15) is 4.80 Å². The lowest BCUT2D eigenvalue weighted by atomic mass is 10.1. The van der Waals surface area contributed by atoms with Gasteiger partial charge in [0, 0.05) is 21.3 Å². The maximum absolute atomic E-state index is 12.4. The standard InChI is InChI=1S/C18H16BrN5O2/c1-11(18(26)20-16-9-5-13(6-10-16)12(2)25)24-22-17(21-23-24)14-3-7-15(19)8-4-14/h3-11H,1-2H3,(H,20,26). The fourth-order valence-electron chi connectivity index (χ4n) is 2.24. The molecule has 1 heterocycles. The first-order valence-electron chi connectivity index (χ1n) is 7.91. The SMILES string of the molecule is CC(=O)c1ccc(NC(=O)C(C)n2nnc(-c3ccc(Br)cc3)n2)cc1. The van der Waals surface area contributed by atoms with Gasteiger partial charge < -0.3 is 5.32 Å². The number of benzene rings is 2. The van der Waals surface area contributed by atoms with E-state index in [1.165, 1.54) is 11.7 Å². The number of tetrazole rings is 1. The van der Waals surface area contributed by atoms with E-state index in [4.69, 9.17) is 0 Å². The van der Waals surface area contributed by atoms with Crippen molar-refractivity contribution in [3.63, 3.8) is 0 Å². The lowest BCUT2D eigenvalue weighted by Crippen LogP contribution is -2.25. The van der Waals surface area contributed by atoms with Crippen molar-refractivity contribution >= 4 is 33.3 Å². The quantitative estimate of drug-likeness (QED) is 0.646. The van der Waals surface area contributed by atoms with E-state index in [2.05, 4.69) is 36.7 Å². The summed E-state index contributed by atoms with van der Waals surface area (Å²) in [6.07, 6.45) is 0. The average molecular weight is 414 g/mol. The number of rotatable bonds is 5. The van der Waals surface area contributed by atoms with Crippen molar-refractivity contribution in [1.82, 2.24) is 20.2 Å². The van der Waals surface area contributed by atoms with Crippen LogP contribution in [0.15, 0.2) is 53.0 Å². The number of hydrogen-bond donors (Lipinski definition) is 1. The Balaban J connectivity index is 1.70. The Labute approximate surface area is 158 Å². The average Bonchev–Trinajstić information content (AvgIpc) is 3.12. The van der Waals surface area contributed by atoms with Crippen LogP contribution < -0.4 is 5.32 Å². The van der Waals surface area contributed by atoms with Crippen LogP contribution >= 0.6 is 15.9 Å². The maximum atomic E-state index is 12.4. The highest BCUT2D eigenvalue weighted by molar-refractivity contribution is 9.10. The van der Waals surface area contributed by atoms with Crippen LogP contribution in [0.25, 0.3) is 11.4 Å². The van der Waals surface area contributed by atoms with Gasteiger partial charge in [-0.05, 0) is 67.6 Å². The summed E-state index contributed by atoms with van der Waals surface area (Å²) in [4.78, 5) is 25.0. The molecule has 1 N–H and O–H groups in total. The third-order valence-electron chi connectivity index (χ3n) is 3.82. The summed E-state index contributed by atoms with van der Waals surface area (Å²) in [5, 5.41) is 15.0. The van der Waals surface area contributed by atoms with Crippen LogP contribution in [0.5, 0.6) is 0 Å². The smallest absolute Gasteiger partial charge is 0.250 e. The van der Waals surface area contributed by atoms with Gasteiger partial charge in [0.15, 0.2) is 5.78 Å². The molecule has 0 fully saturated rings. The maximum Gasteiger partial charge on any atom is 0.250 e. The molecule has 0 saturated carbocycles. The normalized spacial score (nSPS) is 11.8. The summed E-state index contributed by atoms with van der Waals surface area (Å²) in [5.41, 5.74) is 2.00. The third kappa shape index (κ3) is 4.02. The zero-order valence-corrected chi connectivity index (χ0v) is 15.8. The Morgan fingerprint density at radius 3 is 2.35 bits per heavy atom. The van der Waals surface area contributed by atoms with Crippen molar-refractivity contribution < 1.29 is 9.59 Å². The predicted molar refractivity (Wildman–Crippen MR) is 101 cm³/mol. The minimum Gasteiger partial charge on any atom is -0.324 e. The summed E-state index contributed by atoms with van der Waals surface area (Å²) in [5.74, 6) is 0.145. The Bertz CT molecular complexity index is 935. The molecule has 3 aromatic rings. The molecule has 0 radical (unpaired) electrons. The summed E-state index contributed by atoms with van der Waals surface area (Å²) in [7, 11) is 0.